The third-order valence-electron chi connectivity index (χ3n) is 3.15. The van der Waals surface area contributed by atoms with E-state index in [1.54, 1.807) is 0 Å². The minimum Gasteiger partial charge on any atom is -0.278 e. The average Bonchev–Trinajstić information content (AvgIpc) is 2.57. The van der Waals surface area contributed by atoms with Crippen LogP contribution in [0.1, 0.15) is 29.5 Å². The fourth-order valence-electron chi connectivity index (χ4n) is 2.14. The van der Waals surface area contributed by atoms with Crippen LogP contribution in [0.4, 0.5) is 0 Å². The Morgan fingerprint density at radius 2 is 1.59 bits per heavy atom. The second kappa shape index (κ2) is 4.36. The molecule has 2 amide bonds. The monoisotopic (exact) mass is 227 g/mol. The fourth-order valence-corrected chi connectivity index (χ4v) is 2.14. The lowest BCUT2D eigenvalue weighted by molar-refractivity contribution is -0.139. The summed E-state index contributed by atoms with van der Waals surface area (Å²) in [6, 6.07) is 3.86. The maximum Gasteiger partial charge on any atom is 0.229 e. The fraction of sp³-hybridized carbons (Fsp3) is 0.385. The standard InChI is InChI=1S/C13H14BNO2/c1-8-5-10(6-9(2)13(8)14)7-15-11(16)3-4-12(15)17/h5-6H,3-4,7H2,1-2H3. The van der Waals surface area contributed by atoms with E-state index in [1.165, 1.54) is 4.90 Å². The van der Waals surface area contributed by atoms with Gasteiger partial charge in [-0.3, -0.25) is 14.5 Å². The van der Waals surface area contributed by atoms with Crippen LogP contribution in [-0.4, -0.2) is 24.6 Å². The predicted molar refractivity (Wildman–Crippen MR) is 66.1 cm³/mol. The molecule has 0 aromatic heterocycles. The minimum atomic E-state index is -0.0814. The first-order valence-corrected chi connectivity index (χ1v) is 5.68. The van der Waals surface area contributed by atoms with E-state index in [0.29, 0.717) is 19.4 Å². The molecule has 0 spiro atoms. The predicted octanol–water partition coefficient (Wildman–Crippen LogP) is 0.746. The van der Waals surface area contributed by atoms with Crippen LogP contribution in [0, 0.1) is 13.8 Å². The molecule has 4 heteroatoms. The number of imide groups is 1. The summed E-state index contributed by atoms with van der Waals surface area (Å²) in [4.78, 5) is 24.3. The first-order chi connectivity index (χ1) is 7.99. The topological polar surface area (TPSA) is 37.4 Å². The van der Waals surface area contributed by atoms with Crippen molar-refractivity contribution in [2.24, 2.45) is 0 Å². The zero-order valence-electron chi connectivity index (χ0n) is 10.1. The summed E-state index contributed by atoms with van der Waals surface area (Å²) < 4.78 is 0. The van der Waals surface area contributed by atoms with Gasteiger partial charge in [-0.15, -0.1) is 0 Å². The van der Waals surface area contributed by atoms with Gasteiger partial charge in [-0.05, 0) is 19.4 Å². The number of hydrogen-bond acceptors (Lipinski definition) is 2. The van der Waals surface area contributed by atoms with Crippen molar-refractivity contribution in [1.29, 1.82) is 0 Å². The largest absolute Gasteiger partial charge is 0.278 e. The number of nitrogens with zero attached hydrogens (tertiary/aromatic N) is 1. The number of amides is 2. The smallest absolute Gasteiger partial charge is 0.229 e. The number of aryl methyl sites for hydroxylation is 2. The molecule has 0 aliphatic carbocycles. The summed E-state index contributed by atoms with van der Waals surface area (Å²) in [6.07, 6.45) is 0.678. The quantitative estimate of drug-likeness (QED) is 0.552. The van der Waals surface area contributed by atoms with Crippen molar-refractivity contribution < 1.29 is 9.59 Å². The van der Waals surface area contributed by atoms with Crippen molar-refractivity contribution in [3.63, 3.8) is 0 Å². The highest BCUT2D eigenvalue weighted by molar-refractivity contribution is 6.34. The van der Waals surface area contributed by atoms with Crippen molar-refractivity contribution in [2.75, 3.05) is 0 Å². The van der Waals surface area contributed by atoms with Gasteiger partial charge in [-0.2, -0.15) is 0 Å². The summed E-state index contributed by atoms with van der Waals surface area (Å²) >= 11 is 0. The number of benzene rings is 1. The van der Waals surface area contributed by atoms with E-state index >= 15 is 0 Å². The summed E-state index contributed by atoms with van der Waals surface area (Å²) in [5.41, 5.74) is 3.70. The molecule has 1 aromatic rings. The van der Waals surface area contributed by atoms with E-state index in [1.807, 2.05) is 26.0 Å². The summed E-state index contributed by atoms with van der Waals surface area (Å²) in [7, 11) is 5.87. The molecule has 86 valence electrons. The molecule has 1 aliphatic rings. The number of hydrogen-bond donors (Lipinski definition) is 0. The highest BCUT2D eigenvalue weighted by Crippen LogP contribution is 2.16. The van der Waals surface area contributed by atoms with E-state index in [-0.39, 0.29) is 11.8 Å². The van der Waals surface area contributed by atoms with Gasteiger partial charge in [0.2, 0.25) is 11.8 Å². The van der Waals surface area contributed by atoms with E-state index in [0.717, 1.165) is 22.2 Å². The lowest BCUT2D eigenvalue weighted by atomic mass is 9.85. The third-order valence-corrected chi connectivity index (χ3v) is 3.15. The lowest BCUT2D eigenvalue weighted by Crippen LogP contribution is -2.28. The molecule has 3 nitrogen and oxygen atoms in total. The average molecular weight is 227 g/mol. The van der Waals surface area contributed by atoms with Crippen LogP contribution >= 0.6 is 0 Å². The summed E-state index contributed by atoms with van der Waals surface area (Å²) in [6.45, 7) is 4.22. The molecule has 0 N–H and O–H groups in total. The van der Waals surface area contributed by atoms with Gasteiger partial charge in [0, 0.05) is 12.8 Å². The lowest BCUT2D eigenvalue weighted by Gasteiger charge is -2.16. The molecule has 0 unspecified atom stereocenters. The Bertz CT molecular complexity index is 457. The Balaban J connectivity index is 2.25. The second-order valence-corrected chi connectivity index (χ2v) is 4.52. The summed E-state index contributed by atoms with van der Waals surface area (Å²) in [5, 5.41) is 0. The van der Waals surface area contributed by atoms with Crippen LogP contribution in [0.2, 0.25) is 0 Å². The van der Waals surface area contributed by atoms with Crippen molar-refractivity contribution in [3.8, 4) is 0 Å². The zero-order chi connectivity index (χ0) is 12.6. The Morgan fingerprint density at radius 1 is 1.12 bits per heavy atom. The minimum absolute atomic E-state index is 0.0814. The summed E-state index contributed by atoms with van der Waals surface area (Å²) in [5.74, 6) is -0.163. The van der Waals surface area contributed by atoms with Crippen molar-refractivity contribution in [3.05, 3.63) is 28.8 Å². The zero-order valence-corrected chi connectivity index (χ0v) is 10.1. The molecule has 17 heavy (non-hydrogen) atoms. The van der Waals surface area contributed by atoms with Crippen molar-refractivity contribution >= 4 is 25.1 Å². The highest BCUT2D eigenvalue weighted by Gasteiger charge is 2.28. The number of carbonyl (C=O) groups excluding carboxylic acids is 2. The number of rotatable bonds is 2. The molecule has 2 rings (SSSR count). The number of carbonyl (C=O) groups is 2. The Hall–Kier alpha value is -1.58. The molecule has 1 aliphatic heterocycles. The van der Waals surface area contributed by atoms with Gasteiger partial charge in [-0.1, -0.05) is 28.7 Å². The highest BCUT2D eigenvalue weighted by atomic mass is 16.2. The van der Waals surface area contributed by atoms with Crippen LogP contribution < -0.4 is 5.46 Å². The van der Waals surface area contributed by atoms with Gasteiger partial charge in [-0.25, -0.2) is 0 Å². The van der Waals surface area contributed by atoms with Gasteiger partial charge >= 0.3 is 0 Å². The molecule has 1 fully saturated rings. The van der Waals surface area contributed by atoms with E-state index < -0.39 is 0 Å². The maximum absolute atomic E-state index is 11.5. The van der Waals surface area contributed by atoms with Crippen molar-refractivity contribution in [1.82, 2.24) is 4.90 Å². The van der Waals surface area contributed by atoms with E-state index in [9.17, 15) is 9.59 Å². The molecule has 0 saturated carbocycles. The van der Waals surface area contributed by atoms with E-state index in [4.69, 9.17) is 7.85 Å². The molecule has 0 atom stereocenters. The van der Waals surface area contributed by atoms with Crippen LogP contribution in [0.3, 0.4) is 0 Å². The molecule has 2 radical (unpaired) electrons. The number of likely N-dealkylation sites (tertiary alicyclic amines) is 1. The maximum atomic E-state index is 11.5. The van der Waals surface area contributed by atoms with Gasteiger partial charge in [0.15, 0.2) is 0 Å². The first-order valence-electron chi connectivity index (χ1n) is 5.68. The van der Waals surface area contributed by atoms with Gasteiger partial charge < -0.3 is 0 Å². The second-order valence-electron chi connectivity index (χ2n) is 4.52. The van der Waals surface area contributed by atoms with Crippen LogP contribution in [-0.2, 0) is 16.1 Å². The first kappa shape index (κ1) is 11.9. The SMILES string of the molecule is [B]c1c(C)cc(CN2C(=O)CCC2=O)cc1C. The Kier molecular flexibility index (Phi) is 3.05. The Labute approximate surface area is 102 Å². The third kappa shape index (κ3) is 2.26. The van der Waals surface area contributed by atoms with Gasteiger partial charge in [0.1, 0.15) is 7.85 Å². The Morgan fingerprint density at radius 3 is 2.06 bits per heavy atom. The molecule has 1 saturated heterocycles. The van der Waals surface area contributed by atoms with Gasteiger partial charge in [0.05, 0.1) is 6.54 Å². The molecule has 1 aromatic carbocycles. The van der Waals surface area contributed by atoms with Crippen LogP contribution in [0.5, 0.6) is 0 Å². The van der Waals surface area contributed by atoms with Gasteiger partial charge in [0.25, 0.3) is 0 Å². The molecule has 1 heterocycles. The van der Waals surface area contributed by atoms with Crippen LogP contribution in [0.25, 0.3) is 0 Å². The van der Waals surface area contributed by atoms with Crippen molar-refractivity contribution in [2.45, 2.75) is 33.2 Å². The normalized spacial score (nSPS) is 15.8. The van der Waals surface area contributed by atoms with Crippen LogP contribution in [0.15, 0.2) is 12.1 Å². The van der Waals surface area contributed by atoms with E-state index in [2.05, 4.69) is 0 Å². The molecular weight excluding hydrogens is 213 g/mol. The molecular formula is C13H14BNO2. The molecule has 0 bridgehead atoms.